The number of rotatable bonds is 5. The molecule has 0 spiro atoms. The van der Waals surface area contributed by atoms with E-state index in [9.17, 15) is 9.90 Å². The van der Waals surface area contributed by atoms with Gasteiger partial charge in [0.1, 0.15) is 11.4 Å². The number of aliphatic hydroxyl groups is 1. The Morgan fingerprint density at radius 1 is 1.42 bits per heavy atom. The second-order valence-corrected chi connectivity index (χ2v) is 6.86. The highest BCUT2D eigenvalue weighted by Crippen LogP contribution is 2.43. The molecule has 1 amide bonds. The summed E-state index contributed by atoms with van der Waals surface area (Å²) in [6, 6.07) is 10.1. The zero-order valence-electron chi connectivity index (χ0n) is 14.1. The van der Waals surface area contributed by atoms with Crippen LogP contribution in [0.2, 0.25) is 0 Å². The fraction of sp³-hybridized carbons (Fsp3) is 0.444. The van der Waals surface area contributed by atoms with E-state index in [4.69, 9.17) is 5.73 Å². The third-order valence-corrected chi connectivity index (χ3v) is 4.87. The summed E-state index contributed by atoms with van der Waals surface area (Å²) in [6.45, 7) is 4.01. The number of aromatic nitrogens is 2. The molecule has 1 aromatic carbocycles. The van der Waals surface area contributed by atoms with Gasteiger partial charge in [-0.3, -0.25) is 4.79 Å². The lowest BCUT2D eigenvalue weighted by atomic mass is 9.62. The largest absolute Gasteiger partial charge is 0.395 e. The summed E-state index contributed by atoms with van der Waals surface area (Å²) in [5.41, 5.74) is 7.28. The van der Waals surface area contributed by atoms with Gasteiger partial charge in [-0.1, -0.05) is 30.3 Å². The second-order valence-electron chi connectivity index (χ2n) is 6.86. The smallest absolute Gasteiger partial charge is 0.256 e. The summed E-state index contributed by atoms with van der Waals surface area (Å²) < 4.78 is 1.64. The molecule has 4 N–H and O–H groups in total. The molecule has 6 nitrogen and oxygen atoms in total. The van der Waals surface area contributed by atoms with E-state index in [1.54, 1.807) is 4.68 Å². The third-order valence-electron chi connectivity index (χ3n) is 4.87. The number of anilines is 1. The highest BCUT2D eigenvalue weighted by Gasteiger charge is 2.45. The van der Waals surface area contributed by atoms with E-state index in [0.29, 0.717) is 11.4 Å². The van der Waals surface area contributed by atoms with Gasteiger partial charge in [0.2, 0.25) is 0 Å². The van der Waals surface area contributed by atoms with Gasteiger partial charge in [0.25, 0.3) is 5.91 Å². The van der Waals surface area contributed by atoms with Crippen LogP contribution in [-0.2, 0) is 5.41 Å². The van der Waals surface area contributed by atoms with E-state index < -0.39 is 0 Å². The molecule has 1 aliphatic carbocycles. The molecular formula is C18H24N4O2. The molecule has 6 heteroatoms. The SMILES string of the molecule is CC(C)n1ncc(C(=O)NC2CC(CO)(c3ccccc3)C2)c1N. The Kier molecular flexibility index (Phi) is 4.32. The topological polar surface area (TPSA) is 93.2 Å². The van der Waals surface area contributed by atoms with Crippen LogP contribution in [0.15, 0.2) is 36.5 Å². The number of nitrogens with one attached hydrogen (secondary N) is 1. The Morgan fingerprint density at radius 2 is 2.08 bits per heavy atom. The van der Waals surface area contributed by atoms with Gasteiger partial charge in [0.15, 0.2) is 0 Å². The van der Waals surface area contributed by atoms with E-state index in [2.05, 4.69) is 10.4 Å². The Labute approximate surface area is 141 Å². The van der Waals surface area contributed by atoms with Crippen molar-refractivity contribution in [1.82, 2.24) is 15.1 Å². The minimum atomic E-state index is -0.257. The van der Waals surface area contributed by atoms with Crippen molar-refractivity contribution in [2.45, 2.75) is 44.2 Å². The lowest BCUT2D eigenvalue weighted by molar-refractivity contribution is 0.0701. The molecule has 3 rings (SSSR count). The van der Waals surface area contributed by atoms with Crippen molar-refractivity contribution in [3.05, 3.63) is 47.7 Å². The normalized spacial score (nSPS) is 23.1. The van der Waals surface area contributed by atoms with Gasteiger partial charge in [0.05, 0.1) is 12.8 Å². The summed E-state index contributed by atoms with van der Waals surface area (Å²) in [7, 11) is 0. The van der Waals surface area contributed by atoms with Crippen LogP contribution in [0.25, 0.3) is 0 Å². The van der Waals surface area contributed by atoms with Gasteiger partial charge in [-0.25, -0.2) is 4.68 Å². The Morgan fingerprint density at radius 3 is 2.62 bits per heavy atom. The molecule has 1 heterocycles. The minimum absolute atomic E-state index is 0.0339. The molecule has 0 aliphatic heterocycles. The zero-order chi connectivity index (χ0) is 17.3. The highest BCUT2D eigenvalue weighted by atomic mass is 16.3. The van der Waals surface area contributed by atoms with Gasteiger partial charge in [0, 0.05) is 17.5 Å². The predicted molar refractivity (Wildman–Crippen MR) is 92.7 cm³/mol. The number of carbonyl (C=O) groups excluding carboxylic acids is 1. The molecule has 0 bridgehead atoms. The van der Waals surface area contributed by atoms with Crippen molar-refractivity contribution in [3.8, 4) is 0 Å². The lowest BCUT2D eigenvalue weighted by Gasteiger charge is -2.47. The summed E-state index contributed by atoms with van der Waals surface area (Å²) in [6.07, 6.45) is 2.95. The molecule has 0 saturated heterocycles. The zero-order valence-corrected chi connectivity index (χ0v) is 14.1. The van der Waals surface area contributed by atoms with Crippen LogP contribution in [0.4, 0.5) is 5.82 Å². The molecule has 2 aromatic rings. The minimum Gasteiger partial charge on any atom is -0.395 e. The van der Waals surface area contributed by atoms with Crippen molar-refractivity contribution in [2.24, 2.45) is 0 Å². The average Bonchev–Trinajstić information content (AvgIpc) is 2.93. The molecule has 1 fully saturated rings. The second kappa shape index (κ2) is 6.28. The standard InChI is InChI=1S/C18H24N4O2/c1-12(2)22-16(19)15(10-20-22)17(24)21-14-8-18(9-14,11-23)13-6-4-3-5-7-13/h3-7,10,12,14,23H,8-9,11,19H2,1-2H3,(H,21,24). The van der Waals surface area contributed by atoms with Gasteiger partial charge in [-0.2, -0.15) is 5.10 Å². The van der Waals surface area contributed by atoms with Gasteiger partial charge >= 0.3 is 0 Å². The number of nitrogen functional groups attached to an aromatic ring is 1. The van der Waals surface area contributed by atoms with Crippen molar-refractivity contribution < 1.29 is 9.90 Å². The van der Waals surface area contributed by atoms with Crippen LogP contribution in [0, 0.1) is 0 Å². The van der Waals surface area contributed by atoms with Crippen LogP contribution in [0.5, 0.6) is 0 Å². The number of benzene rings is 1. The highest BCUT2D eigenvalue weighted by molar-refractivity contribution is 5.98. The maximum absolute atomic E-state index is 12.4. The van der Waals surface area contributed by atoms with Crippen LogP contribution < -0.4 is 11.1 Å². The van der Waals surface area contributed by atoms with Crippen LogP contribution in [0.3, 0.4) is 0 Å². The first-order valence-corrected chi connectivity index (χ1v) is 8.27. The third kappa shape index (κ3) is 2.78. The van der Waals surface area contributed by atoms with Crippen molar-refractivity contribution >= 4 is 11.7 Å². The number of hydrogen-bond donors (Lipinski definition) is 3. The number of amides is 1. The summed E-state index contributed by atoms with van der Waals surface area (Å²) >= 11 is 0. The summed E-state index contributed by atoms with van der Waals surface area (Å²) in [4.78, 5) is 12.4. The molecule has 1 aliphatic rings. The molecule has 1 aromatic heterocycles. The van der Waals surface area contributed by atoms with E-state index in [1.165, 1.54) is 6.20 Å². The first-order valence-electron chi connectivity index (χ1n) is 8.27. The first kappa shape index (κ1) is 16.5. The van der Waals surface area contributed by atoms with Crippen molar-refractivity contribution in [3.63, 3.8) is 0 Å². The van der Waals surface area contributed by atoms with E-state index in [0.717, 1.165) is 18.4 Å². The van der Waals surface area contributed by atoms with Crippen molar-refractivity contribution in [2.75, 3.05) is 12.3 Å². The Balaban J connectivity index is 1.66. The van der Waals surface area contributed by atoms with Crippen LogP contribution >= 0.6 is 0 Å². The average molecular weight is 328 g/mol. The molecule has 128 valence electrons. The fourth-order valence-corrected chi connectivity index (χ4v) is 3.45. The van der Waals surface area contributed by atoms with Crippen LogP contribution in [-0.4, -0.2) is 33.4 Å². The summed E-state index contributed by atoms with van der Waals surface area (Å²) in [5.74, 6) is 0.183. The molecular weight excluding hydrogens is 304 g/mol. The monoisotopic (exact) mass is 328 g/mol. The Bertz CT molecular complexity index is 718. The number of carbonyl (C=O) groups is 1. The van der Waals surface area contributed by atoms with E-state index in [1.807, 2.05) is 44.2 Å². The quantitative estimate of drug-likeness (QED) is 0.781. The lowest BCUT2D eigenvalue weighted by Crippen LogP contribution is -2.55. The van der Waals surface area contributed by atoms with E-state index >= 15 is 0 Å². The molecule has 0 atom stereocenters. The summed E-state index contributed by atoms with van der Waals surface area (Å²) in [5, 5.41) is 17.0. The first-order chi connectivity index (χ1) is 11.5. The number of aliphatic hydroxyl groups excluding tert-OH is 1. The van der Waals surface area contributed by atoms with Gasteiger partial charge in [-0.05, 0) is 32.3 Å². The maximum atomic E-state index is 12.4. The van der Waals surface area contributed by atoms with Gasteiger partial charge < -0.3 is 16.2 Å². The fourth-order valence-electron chi connectivity index (χ4n) is 3.45. The predicted octanol–water partition coefficient (Wildman–Crippen LogP) is 1.87. The molecule has 24 heavy (non-hydrogen) atoms. The molecule has 0 radical (unpaired) electrons. The maximum Gasteiger partial charge on any atom is 0.256 e. The van der Waals surface area contributed by atoms with Gasteiger partial charge in [-0.15, -0.1) is 0 Å². The number of hydrogen-bond acceptors (Lipinski definition) is 4. The Hall–Kier alpha value is -2.34. The van der Waals surface area contributed by atoms with Crippen LogP contribution in [0.1, 0.15) is 48.7 Å². The molecule has 1 saturated carbocycles. The molecule has 0 unspecified atom stereocenters. The number of nitrogens with zero attached hydrogens (tertiary/aromatic N) is 2. The number of nitrogens with two attached hydrogens (primary N) is 1. The van der Waals surface area contributed by atoms with Crippen molar-refractivity contribution in [1.29, 1.82) is 0 Å². The van der Waals surface area contributed by atoms with E-state index in [-0.39, 0.29) is 30.0 Å².